The lowest BCUT2D eigenvalue weighted by Crippen LogP contribution is -2.16. The van der Waals surface area contributed by atoms with Gasteiger partial charge in [0.2, 0.25) is 0 Å². The molecule has 6 heteroatoms. The van der Waals surface area contributed by atoms with Crippen LogP contribution >= 0.6 is 11.6 Å². The Morgan fingerprint density at radius 1 is 1.28 bits per heavy atom. The first kappa shape index (κ1) is 17.7. The van der Waals surface area contributed by atoms with Crippen LogP contribution in [0.5, 0.6) is 0 Å². The molecular weight excluding hydrogens is 343 g/mol. The van der Waals surface area contributed by atoms with Crippen molar-refractivity contribution in [3.8, 4) is 0 Å². The van der Waals surface area contributed by atoms with E-state index in [1.165, 1.54) is 30.4 Å². The van der Waals surface area contributed by atoms with Crippen LogP contribution in [-0.2, 0) is 24.1 Å². The minimum atomic E-state index is -0.680. The SMILES string of the molecule is COC(=O)c1ccc(CNc2c(Cl)ccc3c2CCNCC3)cc1F. The largest absolute Gasteiger partial charge is 0.465 e. The van der Waals surface area contributed by atoms with E-state index in [1.54, 1.807) is 6.07 Å². The molecule has 0 saturated heterocycles. The number of halogens is 2. The number of rotatable bonds is 4. The molecule has 1 heterocycles. The van der Waals surface area contributed by atoms with Crippen molar-refractivity contribution in [2.75, 3.05) is 25.5 Å². The van der Waals surface area contributed by atoms with Gasteiger partial charge in [-0.3, -0.25) is 0 Å². The summed E-state index contributed by atoms with van der Waals surface area (Å²) < 4.78 is 18.6. The third-order valence-corrected chi connectivity index (χ3v) is 4.71. The number of anilines is 1. The fraction of sp³-hybridized carbons (Fsp3) is 0.316. The molecule has 0 saturated carbocycles. The van der Waals surface area contributed by atoms with E-state index in [0.717, 1.165) is 37.2 Å². The van der Waals surface area contributed by atoms with Gasteiger partial charge in [0.15, 0.2) is 0 Å². The van der Waals surface area contributed by atoms with Crippen molar-refractivity contribution in [2.45, 2.75) is 19.4 Å². The summed E-state index contributed by atoms with van der Waals surface area (Å²) in [5.74, 6) is -1.27. The fourth-order valence-electron chi connectivity index (χ4n) is 3.07. The second kappa shape index (κ2) is 7.85. The summed E-state index contributed by atoms with van der Waals surface area (Å²) >= 11 is 6.38. The zero-order valence-electron chi connectivity index (χ0n) is 14.0. The molecule has 2 aromatic rings. The van der Waals surface area contributed by atoms with Crippen molar-refractivity contribution in [1.29, 1.82) is 0 Å². The Morgan fingerprint density at radius 3 is 2.84 bits per heavy atom. The molecule has 0 atom stereocenters. The Bertz CT molecular complexity index is 795. The Labute approximate surface area is 151 Å². The van der Waals surface area contributed by atoms with Gasteiger partial charge in [0, 0.05) is 6.54 Å². The topological polar surface area (TPSA) is 50.4 Å². The van der Waals surface area contributed by atoms with Gasteiger partial charge in [-0.25, -0.2) is 9.18 Å². The first-order valence-electron chi connectivity index (χ1n) is 8.21. The predicted octanol–water partition coefficient (Wildman–Crippen LogP) is 3.57. The van der Waals surface area contributed by atoms with E-state index in [4.69, 9.17) is 11.6 Å². The summed E-state index contributed by atoms with van der Waals surface area (Å²) in [6, 6.07) is 8.46. The monoisotopic (exact) mass is 362 g/mol. The number of carbonyl (C=O) groups is 1. The molecule has 0 unspecified atom stereocenters. The van der Waals surface area contributed by atoms with Crippen molar-refractivity contribution in [2.24, 2.45) is 0 Å². The minimum absolute atomic E-state index is 0.0658. The highest BCUT2D eigenvalue weighted by molar-refractivity contribution is 6.33. The molecule has 0 bridgehead atoms. The van der Waals surface area contributed by atoms with Crippen LogP contribution in [0.2, 0.25) is 5.02 Å². The van der Waals surface area contributed by atoms with Gasteiger partial charge in [0.1, 0.15) is 5.82 Å². The van der Waals surface area contributed by atoms with E-state index in [1.807, 2.05) is 6.07 Å². The molecular formula is C19H20ClFN2O2. The molecule has 0 radical (unpaired) electrons. The second-order valence-electron chi connectivity index (χ2n) is 5.97. The smallest absolute Gasteiger partial charge is 0.340 e. The molecule has 132 valence electrons. The number of hydrogen-bond donors (Lipinski definition) is 2. The average molecular weight is 363 g/mol. The second-order valence-corrected chi connectivity index (χ2v) is 6.38. The average Bonchev–Trinajstić information content (AvgIpc) is 2.86. The highest BCUT2D eigenvalue weighted by Gasteiger charge is 2.16. The standard InChI is InChI=1S/C19H20ClFN2O2/c1-25-19(24)15-4-2-12(10-17(15)21)11-23-18-14-7-9-22-8-6-13(14)3-5-16(18)20/h2-5,10,22-23H,6-9,11H2,1H3. The summed E-state index contributed by atoms with van der Waals surface area (Å²) in [7, 11) is 1.23. The highest BCUT2D eigenvalue weighted by atomic mass is 35.5. The van der Waals surface area contributed by atoms with Gasteiger partial charge in [-0.15, -0.1) is 0 Å². The number of methoxy groups -OCH3 is 1. The molecule has 1 aliphatic heterocycles. The van der Waals surface area contributed by atoms with Crippen LogP contribution in [0, 0.1) is 5.82 Å². The van der Waals surface area contributed by atoms with Gasteiger partial charge in [-0.2, -0.15) is 0 Å². The van der Waals surface area contributed by atoms with Gasteiger partial charge in [-0.05, 0) is 60.8 Å². The van der Waals surface area contributed by atoms with Crippen LogP contribution in [0.25, 0.3) is 0 Å². The molecule has 2 aromatic carbocycles. The van der Waals surface area contributed by atoms with Crippen molar-refractivity contribution >= 4 is 23.3 Å². The number of carbonyl (C=O) groups excluding carboxylic acids is 1. The third kappa shape index (κ3) is 3.94. The van der Waals surface area contributed by atoms with Crippen molar-refractivity contribution in [1.82, 2.24) is 5.32 Å². The highest BCUT2D eigenvalue weighted by Crippen LogP contribution is 2.31. The lowest BCUT2D eigenvalue weighted by molar-refractivity contribution is 0.0595. The predicted molar refractivity (Wildman–Crippen MR) is 96.8 cm³/mol. The Morgan fingerprint density at radius 2 is 2.08 bits per heavy atom. The van der Waals surface area contributed by atoms with E-state index in [2.05, 4.69) is 21.4 Å². The van der Waals surface area contributed by atoms with E-state index >= 15 is 0 Å². The molecule has 4 nitrogen and oxygen atoms in total. The molecule has 2 N–H and O–H groups in total. The van der Waals surface area contributed by atoms with Gasteiger partial charge in [-0.1, -0.05) is 23.7 Å². The quantitative estimate of drug-likeness (QED) is 0.816. The molecule has 0 aliphatic carbocycles. The summed E-state index contributed by atoms with van der Waals surface area (Å²) in [6.45, 7) is 2.28. The number of fused-ring (bicyclic) bond motifs is 1. The number of nitrogens with one attached hydrogen (secondary N) is 2. The normalized spacial score (nSPS) is 13.7. The number of benzene rings is 2. The lowest BCUT2D eigenvalue weighted by atomic mass is 10.0. The molecule has 3 rings (SSSR count). The molecule has 0 aromatic heterocycles. The molecule has 25 heavy (non-hydrogen) atoms. The zero-order valence-corrected chi connectivity index (χ0v) is 14.8. The summed E-state index contributed by atoms with van der Waals surface area (Å²) in [6.07, 6.45) is 1.86. The van der Waals surface area contributed by atoms with Crippen LogP contribution in [0.15, 0.2) is 30.3 Å². The Kier molecular flexibility index (Phi) is 5.56. The lowest BCUT2D eigenvalue weighted by Gasteiger charge is -2.16. The minimum Gasteiger partial charge on any atom is -0.465 e. The first-order valence-corrected chi connectivity index (χ1v) is 8.59. The maximum absolute atomic E-state index is 14.1. The third-order valence-electron chi connectivity index (χ3n) is 4.39. The van der Waals surface area contributed by atoms with Crippen LogP contribution in [0.3, 0.4) is 0 Å². The molecule has 0 fully saturated rings. The summed E-state index contributed by atoms with van der Waals surface area (Å²) in [4.78, 5) is 11.5. The van der Waals surface area contributed by atoms with E-state index in [-0.39, 0.29) is 5.56 Å². The van der Waals surface area contributed by atoms with Gasteiger partial charge in [0.25, 0.3) is 0 Å². The van der Waals surface area contributed by atoms with Gasteiger partial charge >= 0.3 is 5.97 Å². The molecule has 1 aliphatic rings. The first-order chi connectivity index (χ1) is 12.1. The van der Waals surface area contributed by atoms with Crippen LogP contribution < -0.4 is 10.6 Å². The summed E-state index contributed by atoms with van der Waals surface area (Å²) in [5, 5.41) is 7.37. The molecule has 0 spiro atoms. The molecule has 0 amide bonds. The van der Waals surface area contributed by atoms with Crippen LogP contribution in [0.1, 0.15) is 27.0 Å². The number of esters is 1. The maximum atomic E-state index is 14.1. The maximum Gasteiger partial charge on any atom is 0.340 e. The van der Waals surface area contributed by atoms with Gasteiger partial charge < -0.3 is 15.4 Å². The van der Waals surface area contributed by atoms with Crippen LogP contribution in [0.4, 0.5) is 10.1 Å². The number of hydrogen-bond acceptors (Lipinski definition) is 4. The van der Waals surface area contributed by atoms with E-state index < -0.39 is 11.8 Å². The van der Waals surface area contributed by atoms with Crippen molar-refractivity contribution in [3.63, 3.8) is 0 Å². The number of ether oxygens (including phenoxy) is 1. The van der Waals surface area contributed by atoms with Crippen molar-refractivity contribution < 1.29 is 13.9 Å². The fourth-order valence-corrected chi connectivity index (χ4v) is 3.31. The zero-order chi connectivity index (χ0) is 17.8. The van der Waals surface area contributed by atoms with E-state index in [9.17, 15) is 9.18 Å². The van der Waals surface area contributed by atoms with Crippen LogP contribution in [-0.4, -0.2) is 26.2 Å². The summed E-state index contributed by atoms with van der Waals surface area (Å²) in [5.41, 5.74) is 4.06. The Balaban J connectivity index is 1.80. The van der Waals surface area contributed by atoms with Crippen molar-refractivity contribution in [3.05, 3.63) is 63.4 Å². The van der Waals surface area contributed by atoms with E-state index in [0.29, 0.717) is 11.6 Å². The Hall–Kier alpha value is -2.11. The van der Waals surface area contributed by atoms with Gasteiger partial charge in [0.05, 0.1) is 23.4 Å².